The number of carbonyl (C=O) groups is 1. The van der Waals surface area contributed by atoms with Gasteiger partial charge < -0.3 is 15.2 Å². The van der Waals surface area contributed by atoms with Crippen molar-refractivity contribution in [1.29, 1.82) is 0 Å². The number of aromatic hydroxyl groups is 1. The summed E-state index contributed by atoms with van der Waals surface area (Å²) in [6, 6.07) is 7.13. The van der Waals surface area contributed by atoms with Crippen molar-refractivity contribution in [3.05, 3.63) is 29.8 Å². The van der Waals surface area contributed by atoms with E-state index in [9.17, 15) is 9.90 Å². The van der Waals surface area contributed by atoms with Gasteiger partial charge in [0.2, 0.25) is 5.91 Å². The summed E-state index contributed by atoms with van der Waals surface area (Å²) < 4.78 is 5.04. The number of benzene rings is 1. The summed E-state index contributed by atoms with van der Waals surface area (Å²) in [5, 5.41) is 12.2. The quantitative estimate of drug-likeness (QED) is 0.455. The minimum absolute atomic E-state index is 0.150. The number of carbonyl (C=O) groups excluding carboxylic acids is 1. The van der Waals surface area contributed by atoms with Gasteiger partial charge in [0.1, 0.15) is 5.75 Å². The molecule has 25 heavy (non-hydrogen) atoms. The van der Waals surface area contributed by atoms with Crippen LogP contribution in [0.1, 0.15) is 69.8 Å². The molecular formula is C21H35NO3. The molecule has 142 valence electrons. The summed E-state index contributed by atoms with van der Waals surface area (Å²) >= 11 is 0. The maximum atomic E-state index is 11.8. The van der Waals surface area contributed by atoms with Crippen molar-refractivity contribution in [2.45, 2.75) is 70.6 Å². The molecule has 0 bridgehead atoms. The first-order valence-corrected chi connectivity index (χ1v) is 9.76. The van der Waals surface area contributed by atoms with Crippen LogP contribution in [-0.4, -0.2) is 31.3 Å². The van der Waals surface area contributed by atoms with E-state index in [0.717, 1.165) is 31.4 Å². The highest BCUT2D eigenvalue weighted by molar-refractivity contribution is 5.75. The molecule has 0 spiro atoms. The van der Waals surface area contributed by atoms with Gasteiger partial charge in [0.25, 0.3) is 0 Å². The van der Waals surface area contributed by atoms with Crippen molar-refractivity contribution in [3.63, 3.8) is 0 Å². The van der Waals surface area contributed by atoms with Crippen LogP contribution in [0.4, 0.5) is 0 Å². The van der Waals surface area contributed by atoms with Gasteiger partial charge in [-0.3, -0.25) is 4.79 Å². The summed E-state index contributed by atoms with van der Waals surface area (Å²) in [5.41, 5.74) is 1.13. The molecule has 1 rings (SSSR count). The second-order valence-electron chi connectivity index (χ2n) is 6.69. The van der Waals surface area contributed by atoms with Crippen molar-refractivity contribution in [2.75, 3.05) is 20.3 Å². The largest absolute Gasteiger partial charge is 0.508 e. The topological polar surface area (TPSA) is 58.6 Å². The highest BCUT2D eigenvalue weighted by atomic mass is 16.5. The third-order valence-electron chi connectivity index (χ3n) is 4.42. The van der Waals surface area contributed by atoms with Gasteiger partial charge in [0.15, 0.2) is 0 Å². The molecule has 4 heteroatoms. The van der Waals surface area contributed by atoms with Gasteiger partial charge in [0.05, 0.1) is 0 Å². The second kappa shape index (κ2) is 14.8. The molecule has 4 nitrogen and oxygen atoms in total. The zero-order valence-corrected chi connectivity index (χ0v) is 15.8. The zero-order valence-electron chi connectivity index (χ0n) is 15.8. The van der Waals surface area contributed by atoms with E-state index in [4.69, 9.17) is 4.74 Å². The fourth-order valence-electron chi connectivity index (χ4n) is 2.87. The Labute approximate surface area is 153 Å². The van der Waals surface area contributed by atoms with Gasteiger partial charge in [-0.2, -0.15) is 0 Å². The summed E-state index contributed by atoms with van der Waals surface area (Å²) in [7, 11) is 1.76. The predicted octanol–water partition coefficient (Wildman–Crippen LogP) is 4.60. The lowest BCUT2D eigenvalue weighted by atomic mass is 10.1. The number of hydrogen-bond acceptors (Lipinski definition) is 3. The summed E-state index contributed by atoms with van der Waals surface area (Å²) in [6.07, 6.45) is 12.5. The molecule has 0 atom stereocenters. The lowest BCUT2D eigenvalue weighted by Gasteiger charge is -2.06. The number of amides is 1. The minimum atomic E-state index is 0.150. The van der Waals surface area contributed by atoms with Crippen molar-refractivity contribution < 1.29 is 14.6 Å². The van der Waals surface area contributed by atoms with E-state index in [2.05, 4.69) is 5.32 Å². The lowest BCUT2D eigenvalue weighted by Crippen LogP contribution is -2.25. The van der Waals surface area contributed by atoms with E-state index in [1.807, 2.05) is 12.1 Å². The number of unbranched alkanes of at least 4 members (excludes halogenated alkanes) is 8. The van der Waals surface area contributed by atoms with Crippen LogP contribution in [0, 0.1) is 0 Å². The van der Waals surface area contributed by atoms with Crippen LogP contribution >= 0.6 is 0 Å². The zero-order chi connectivity index (χ0) is 18.2. The molecule has 0 aliphatic carbocycles. The minimum Gasteiger partial charge on any atom is -0.508 e. The maximum Gasteiger partial charge on any atom is 0.220 e. The third-order valence-corrected chi connectivity index (χ3v) is 4.42. The lowest BCUT2D eigenvalue weighted by molar-refractivity contribution is -0.121. The molecule has 0 fully saturated rings. The molecule has 0 heterocycles. The Hall–Kier alpha value is -1.55. The Morgan fingerprint density at radius 1 is 0.920 bits per heavy atom. The van der Waals surface area contributed by atoms with Gasteiger partial charge in [-0.1, -0.05) is 57.1 Å². The molecule has 0 aliphatic rings. The number of ether oxygens (including phenoxy) is 1. The van der Waals surface area contributed by atoms with Crippen LogP contribution in [0.15, 0.2) is 24.3 Å². The summed E-state index contributed by atoms with van der Waals surface area (Å²) in [4.78, 5) is 11.8. The van der Waals surface area contributed by atoms with Crippen LogP contribution < -0.4 is 5.32 Å². The van der Waals surface area contributed by atoms with Crippen LogP contribution in [0.3, 0.4) is 0 Å². The van der Waals surface area contributed by atoms with Gasteiger partial charge in [0, 0.05) is 26.7 Å². The molecule has 0 saturated carbocycles. The van der Waals surface area contributed by atoms with Crippen LogP contribution in [0.5, 0.6) is 5.75 Å². The molecule has 1 amide bonds. The van der Waals surface area contributed by atoms with E-state index >= 15 is 0 Å². The fraction of sp³-hybridized carbons (Fsp3) is 0.667. The van der Waals surface area contributed by atoms with Crippen LogP contribution in [-0.2, 0) is 16.0 Å². The van der Waals surface area contributed by atoms with E-state index in [1.54, 1.807) is 19.2 Å². The number of phenolic OH excluding ortho intramolecular Hbond substituents is 1. The summed E-state index contributed by atoms with van der Waals surface area (Å²) in [6.45, 7) is 1.55. The molecule has 0 aliphatic heterocycles. The second-order valence-corrected chi connectivity index (χ2v) is 6.69. The monoisotopic (exact) mass is 349 g/mol. The molecule has 0 unspecified atom stereocenters. The van der Waals surface area contributed by atoms with Gasteiger partial charge >= 0.3 is 0 Å². The third kappa shape index (κ3) is 12.5. The number of phenols is 1. The predicted molar refractivity (Wildman–Crippen MR) is 103 cm³/mol. The average Bonchev–Trinajstić information content (AvgIpc) is 2.61. The van der Waals surface area contributed by atoms with Crippen molar-refractivity contribution in [2.24, 2.45) is 0 Å². The van der Waals surface area contributed by atoms with Gasteiger partial charge in [-0.25, -0.2) is 0 Å². The Kier molecular flexibility index (Phi) is 12.7. The molecular weight excluding hydrogens is 314 g/mol. The number of nitrogens with one attached hydrogen (secondary N) is 1. The molecule has 0 radical (unpaired) electrons. The first-order valence-electron chi connectivity index (χ1n) is 9.76. The SMILES string of the molecule is COCCCCCCCCCCCC(=O)NCCc1ccc(O)cc1. The van der Waals surface area contributed by atoms with E-state index in [1.165, 1.54) is 44.9 Å². The van der Waals surface area contributed by atoms with Gasteiger partial charge in [-0.15, -0.1) is 0 Å². The average molecular weight is 350 g/mol. The molecule has 0 saturated heterocycles. The summed E-state index contributed by atoms with van der Waals surface area (Å²) in [5.74, 6) is 0.427. The van der Waals surface area contributed by atoms with E-state index in [0.29, 0.717) is 13.0 Å². The Morgan fingerprint density at radius 3 is 2.08 bits per heavy atom. The standard InChI is InChI=1S/C21H35NO3/c1-25-18-10-8-6-4-2-3-5-7-9-11-21(24)22-17-16-19-12-14-20(23)15-13-19/h12-15,23H,2-11,16-18H2,1H3,(H,22,24). The highest BCUT2D eigenvalue weighted by Gasteiger charge is 2.01. The maximum absolute atomic E-state index is 11.8. The van der Waals surface area contributed by atoms with Crippen molar-refractivity contribution in [3.8, 4) is 5.75 Å². The van der Waals surface area contributed by atoms with E-state index in [-0.39, 0.29) is 11.7 Å². The number of methoxy groups -OCH3 is 1. The normalized spacial score (nSPS) is 10.8. The Morgan fingerprint density at radius 2 is 1.48 bits per heavy atom. The number of rotatable bonds is 15. The number of hydrogen-bond donors (Lipinski definition) is 2. The van der Waals surface area contributed by atoms with Crippen molar-refractivity contribution in [1.82, 2.24) is 5.32 Å². The van der Waals surface area contributed by atoms with Crippen molar-refractivity contribution >= 4 is 5.91 Å². The first-order chi connectivity index (χ1) is 12.2. The van der Waals surface area contributed by atoms with Crippen LogP contribution in [0.25, 0.3) is 0 Å². The Balaban J connectivity index is 1.86. The van der Waals surface area contributed by atoms with E-state index < -0.39 is 0 Å². The van der Waals surface area contributed by atoms with Crippen LogP contribution in [0.2, 0.25) is 0 Å². The molecule has 0 aromatic heterocycles. The highest BCUT2D eigenvalue weighted by Crippen LogP contribution is 2.11. The molecule has 2 N–H and O–H groups in total. The smallest absolute Gasteiger partial charge is 0.220 e. The Bertz CT molecular complexity index is 445. The molecule has 1 aromatic rings. The molecule has 1 aromatic carbocycles. The fourth-order valence-corrected chi connectivity index (χ4v) is 2.87. The van der Waals surface area contributed by atoms with Gasteiger partial charge in [-0.05, 0) is 37.0 Å². The first kappa shape index (κ1) is 21.5.